The zero-order valence-electron chi connectivity index (χ0n) is 13.5. The maximum Gasteiger partial charge on any atom is 0.123 e. The number of hydrogen-bond donors (Lipinski definition) is 2. The fraction of sp³-hybridized carbons (Fsp3) is 0.647. The van der Waals surface area contributed by atoms with Gasteiger partial charge in [-0.3, -0.25) is 0 Å². The molecule has 1 heterocycles. The van der Waals surface area contributed by atoms with Crippen LogP contribution in [-0.2, 0) is 13.0 Å². The van der Waals surface area contributed by atoms with Crippen molar-refractivity contribution in [3.05, 3.63) is 23.3 Å². The van der Waals surface area contributed by atoms with E-state index in [1.807, 2.05) is 0 Å². The lowest BCUT2D eigenvalue weighted by Gasteiger charge is -2.29. The summed E-state index contributed by atoms with van der Waals surface area (Å²) in [6.07, 6.45) is 2.89. The van der Waals surface area contributed by atoms with Gasteiger partial charge >= 0.3 is 0 Å². The Labute approximate surface area is 127 Å². The van der Waals surface area contributed by atoms with Crippen LogP contribution in [0.25, 0.3) is 0 Å². The van der Waals surface area contributed by atoms with E-state index in [1.165, 1.54) is 5.56 Å². The molecule has 2 atom stereocenters. The van der Waals surface area contributed by atoms with Crippen LogP contribution in [-0.4, -0.2) is 30.5 Å². The first-order valence-corrected chi connectivity index (χ1v) is 7.73. The van der Waals surface area contributed by atoms with Crippen LogP contribution in [0.4, 0.5) is 0 Å². The highest BCUT2D eigenvalue weighted by molar-refractivity contribution is 5.48. The van der Waals surface area contributed by atoms with Crippen molar-refractivity contribution in [3.8, 4) is 11.5 Å². The predicted octanol–water partition coefficient (Wildman–Crippen LogP) is 2.66. The molecular weight excluding hydrogens is 266 g/mol. The van der Waals surface area contributed by atoms with E-state index in [4.69, 9.17) is 9.47 Å². The number of hydrogen-bond acceptors (Lipinski definition) is 4. The van der Waals surface area contributed by atoms with Crippen LogP contribution in [0, 0.1) is 0 Å². The Morgan fingerprint density at radius 1 is 1.48 bits per heavy atom. The molecule has 0 radical (unpaired) electrons. The maximum absolute atomic E-state index is 9.20. The topological polar surface area (TPSA) is 50.7 Å². The quantitative estimate of drug-likeness (QED) is 0.811. The summed E-state index contributed by atoms with van der Waals surface area (Å²) in [6, 6.07) is 4.17. The summed E-state index contributed by atoms with van der Waals surface area (Å²) in [5.41, 5.74) is 2.26. The molecule has 0 aliphatic carbocycles. The predicted molar refractivity (Wildman–Crippen MR) is 84.0 cm³/mol. The molecule has 4 nitrogen and oxygen atoms in total. The molecule has 0 saturated heterocycles. The second kappa shape index (κ2) is 6.67. The summed E-state index contributed by atoms with van der Waals surface area (Å²) < 4.78 is 11.3. The number of fused-ring (bicyclic) bond motifs is 1. The van der Waals surface area contributed by atoms with Crippen molar-refractivity contribution in [2.24, 2.45) is 0 Å². The van der Waals surface area contributed by atoms with E-state index in [9.17, 15) is 5.11 Å². The zero-order valence-corrected chi connectivity index (χ0v) is 13.5. The molecule has 0 bridgehead atoms. The second-order valence-corrected chi connectivity index (χ2v) is 6.15. The van der Waals surface area contributed by atoms with Crippen molar-refractivity contribution in [1.82, 2.24) is 5.32 Å². The molecule has 1 aliphatic heterocycles. The van der Waals surface area contributed by atoms with E-state index < -0.39 is 0 Å². The number of aliphatic hydroxyl groups excluding tert-OH is 1. The average Bonchev–Trinajstić information content (AvgIpc) is 2.83. The normalized spacial score (nSPS) is 19.8. The van der Waals surface area contributed by atoms with Crippen molar-refractivity contribution in [1.29, 1.82) is 0 Å². The van der Waals surface area contributed by atoms with Crippen molar-refractivity contribution in [2.45, 2.75) is 58.2 Å². The molecule has 0 spiro atoms. The van der Waals surface area contributed by atoms with Crippen molar-refractivity contribution in [3.63, 3.8) is 0 Å². The molecule has 0 fully saturated rings. The molecular formula is C17H27NO3. The van der Waals surface area contributed by atoms with Crippen LogP contribution in [0.3, 0.4) is 0 Å². The molecule has 0 amide bonds. The third-order valence-corrected chi connectivity index (χ3v) is 4.45. The standard InChI is InChI=1S/C17H27NO3/c1-5-17(3,6-7-19)18-11-14-10-16-13(8-12(2)21-16)9-15(14)20-4/h9-10,12,18-19H,5-8,11H2,1-4H3. The maximum atomic E-state index is 9.20. The first-order valence-electron chi connectivity index (χ1n) is 7.73. The Bertz CT molecular complexity index is 489. The molecule has 2 N–H and O–H groups in total. The summed E-state index contributed by atoms with van der Waals surface area (Å²) >= 11 is 0. The van der Waals surface area contributed by atoms with Crippen LogP contribution in [0.2, 0.25) is 0 Å². The first-order chi connectivity index (χ1) is 10.0. The van der Waals surface area contributed by atoms with E-state index in [-0.39, 0.29) is 18.2 Å². The van der Waals surface area contributed by atoms with Crippen LogP contribution in [0.15, 0.2) is 12.1 Å². The molecule has 1 aliphatic rings. The van der Waals surface area contributed by atoms with E-state index in [0.717, 1.165) is 36.3 Å². The molecule has 4 heteroatoms. The molecule has 2 rings (SSSR count). The largest absolute Gasteiger partial charge is 0.496 e. The van der Waals surface area contributed by atoms with Gasteiger partial charge in [0.15, 0.2) is 0 Å². The zero-order chi connectivity index (χ0) is 15.5. The van der Waals surface area contributed by atoms with Gasteiger partial charge in [-0.15, -0.1) is 0 Å². The monoisotopic (exact) mass is 293 g/mol. The first kappa shape index (κ1) is 16.1. The van der Waals surface area contributed by atoms with Crippen molar-refractivity contribution in [2.75, 3.05) is 13.7 Å². The smallest absolute Gasteiger partial charge is 0.123 e. The van der Waals surface area contributed by atoms with E-state index in [0.29, 0.717) is 6.54 Å². The van der Waals surface area contributed by atoms with Gasteiger partial charge in [0.1, 0.15) is 17.6 Å². The minimum Gasteiger partial charge on any atom is -0.496 e. The minimum atomic E-state index is -0.0626. The van der Waals surface area contributed by atoms with Crippen LogP contribution in [0.5, 0.6) is 11.5 Å². The van der Waals surface area contributed by atoms with Gasteiger partial charge in [0.2, 0.25) is 0 Å². The van der Waals surface area contributed by atoms with Gasteiger partial charge < -0.3 is 19.9 Å². The van der Waals surface area contributed by atoms with Gasteiger partial charge in [-0.25, -0.2) is 0 Å². The Morgan fingerprint density at radius 3 is 2.86 bits per heavy atom. The van der Waals surface area contributed by atoms with E-state index >= 15 is 0 Å². The summed E-state index contributed by atoms with van der Waals surface area (Å²) in [5.74, 6) is 1.88. The molecule has 0 saturated carbocycles. The number of benzene rings is 1. The van der Waals surface area contributed by atoms with Gasteiger partial charge in [0, 0.05) is 36.2 Å². The van der Waals surface area contributed by atoms with Gasteiger partial charge in [0.25, 0.3) is 0 Å². The Balaban J connectivity index is 2.15. The van der Waals surface area contributed by atoms with E-state index in [2.05, 4.69) is 38.2 Å². The van der Waals surface area contributed by atoms with Crippen LogP contribution < -0.4 is 14.8 Å². The molecule has 118 valence electrons. The number of rotatable bonds is 7. The highest BCUT2D eigenvalue weighted by Gasteiger charge is 2.24. The van der Waals surface area contributed by atoms with Crippen LogP contribution in [0.1, 0.15) is 44.7 Å². The average molecular weight is 293 g/mol. The molecule has 2 unspecified atom stereocenters. The van der Waals surface area contributed by atoms with Crippen molar-refractivity contribution < 1.29 is 14.6 Å². The number of ether oxygens (including phenoxy) is 2. The minimum absolute atomic E-state index is 0.0626. The lowest BCUT2D eigenvalue weighted by Crippen LogP contribution is -2.42. The highest BCUT2D eigenvalue weighted by atomic mass is 16.5. The lowest BCUT2D eigenvalue weighted by molar-refractivity contribution is 0.214. The van der Waals surface area contributed by atoms with Gasteiger partial charge in [-0.1, -0.05) is 6.92 Å². The fourth-order valence-electron chi connectivity index (χ4n) is 2.76. The third-order valence-electron chi connectivity index (χ3n) is 4.45. The summed E-state index contributed by atoms with van der Waals surface area (Å²) in [4.78, 5) is 0. The van der Waals surface area contributed by atoms with Gasteiger partial charge in [0.05, 0.1) is 7.11 Å². The van der Waals surface area contributed by atoms with Gasteiger partial charge in [-0.2, -0.15) is 0 Å². The number of methoxy groups -OCH3 is 1. The number of aliphatic hydroxyl groups is 1. The number of nitrogens with one attached hydrogen (secondary N) is 1. The van der Waals surface area contributed by atoms with Crippen LogP contribution >= 0.6 is 0 Å². The Hall–Kier alpha value is -1.26. The Morgan fingerprint density at radius 2 is 2.24 bits per heavy atom. The lowest BCUT2D eigenvalue weighted by atomic mass is 9.94. The van der Waals surface area contributed by atoms with E-state index in [1.54, 1.807) is 7.11 Å². The third kappa shape index (κ3) is 3.69. The van der Waals surface area contributed by atoms with Gasteiger partial charge in [-0.05, 0) is 38.8 Å². The molecule has 1 aromatic carbocycles. The molecule has 0 aromatic heterocycles. The summed E-state index contributed by atoms with van der Waals surface area (Å²) in [6.45, 7) is 7.26. The summed E-state index contributed by atoms with van der Waals surface area (Å²) in [5, 5.41) is 12.7. The molecule has 1 aromatic rings. The second-order valence-electron chi connectivity index (χ2n) is 6.15. The molecule has 21 heavy (non-hydrogen) atoms. The highest BCUT2D eigenvalue weighted by Crippen LogP contribution is 2.35. The fourth-order valence-corrected chi connectivity index (χ4v) is 2.76. The van der Waals surface area contributed by atoms with Crippen molar-refractivity contribution >= 4 is 0 Å². The Kier molecular flexibility index (Phi) is 5.12. The SMILES string of the molecule is CCC(C)(CCO)NCc1cc2c(cc1OC)CC(C)O2. The summed E-state index contributed by atoms with van der Waals surface area (Å²) in [7, 11) is 1.71.